The van der Waals surface area contributed by atoms with Crippen LogP contribution < -0.4 is 0 Å². The number of hydrogen-bond donors (Lipinski definition) is 0. The molecule has 0 bridgehead atoms. The smallest absolute Gasteiger partial charge is 0.329 e. The summed E-state index contributed by atoms with van der Waals surface area (Å²) in [5.41, 5.74) is 1.99. The van der Waals surface area contributed by atoms with Gasteiger partial charge in [0.25, 0.3) is 23.6 Å². The Kier molecular flexibility index (Phi) is 22.8. The van der Waals surface area contributed by atoms with E-state index < -0.39 is 114 Å². The van der Waals surface area contributed by atoms with Crippen molar-refractivity contribution in [1.82, 2.24) is 19.6 Å². The maximum atomic E-state index is 14.9. The fourth-order valence-corrected chi connectivity index (χ4v) is 8.82. The van der Waals surface area contributed by atoms with Crippen molar-refractivity contribution in [3.63, 3.8) is 0 Å². The number of carbonyl (C=O) groups excluding carboxylic acids is 8. The standard InChI is InChI=1S/C58H80N4O12/c1-14-15-31-47-51(63)59(10)44(33-40-25-19-16-20-26-40)56(68)72-49(38(6)7)53(65)61(12)46(35-42-29-23-18-24-30-42)58(70)74-50(39(8)9)54(66)62(13)45(34-41-27-21-17-22-28-41)57(69)73-48(37(4)5)52(64)60(11)43(32-36(2)3)55(67)71-47/h16-30,36-39,43-50H,14-15,31-35H2,1-13H3. The van der Waals surface area contributed by atoms with Crippen LogP contribution in [0, 0.1) is 23.7 Å². The number of unbranched alkanes of at least 4 members (excludes halogenated alkanes) is 1. The van der Waals surface area contributed by atoms with Crippen LogP contribution in [-0.2, 0) is 76.6 Å². The zero-order chi connectivity index (χ0) is 55.0. The molecule has 0 radical (unpaired) electrons. The zero-order valence-electron chi connectivity index (χ0n) is 45.7. The summed E-state index contributed by atoms with van der Waals surface area (Å²) in [6, 6.07) is 21.5. The molecule has 4 rings (SSSR count). The number of nitrogens with zero attached hydrogens (tertiary/aromatic N) is 4. The predicted molar refractivity (Wildman–Crippen MR) is 280 cm³/mol. The summed E-state index contributed by atoms with van der Waals surface area (Å²) in [4.78, 5) is 123. The van der Waals surface area contributed by atoms with Gasteiger partial charge in [0.15, 0.2) is 24.4 Å². The fourth-order valence-electron chi connectivity index (χ4n) is 8.82. The van der Waals surface area contributed by atoms with Gasteiger partial charge in [-0.25, -0.2) is 19.2 Å². The number of rotatable bonds is 14. The highest BCUT2D eigenvalue weighted by atomic mass is 16.6. The van der Waals surface area contributed by atoms with Crippen LogP contribution in [0.4, 0.5) is 0 Å². The summed E-state index contributed by atoms with van der Waals surface area (Å²) in [6.45, 7) is 15.7. The molecule has 8 atom stereocenters. The van der Waals surface area contributed by atoms with E-state index in [0.29, 0.717) is 29.5 Å². The molecule has 16 nitrogen and oxygen atoms in total. The molecule has 1 aliphatic rings. The first-order valence-electron chi connectivity index (χ1n) is 26.0. The first kappa shape index (κ1) is 60.0. The average molecular weight is 1030 g/mol. The average Bonchev–Trinajstić information content (AvgIpc) is 3.37. The molecule has 0 saturated carbocycles. The van der Waals surface area contributed by atoms with E-state index in [1.165, 1.54) is 38.0 Å². The molecular formula is C58H80N4O12. The first-order chi connectivity index (χ1) is 35.0. The Morgan fingerprint density at radius 3 is 0.973 bits per heavy atom. The monoisotopic (exact) mass is 1020 g/mol. The van der Waals surface area contributed by atoms with Gasteiger partial charge in [-0.3, -0.25) is 19.2 Å². The number of ether oxygens (including phenoxy) is 4. The van der Waals surface area contributed by atoms with Gasteiger partial charge in [0.1, 0.15) is 24.2 Å². The minimum atomic E-state index is -1.48. The van der Waals surface area contributed by atoms with Crippen LogP contribution in [-0.4, -0.2) is 144 Å². The lowest BCUT2D eigenvalue weighted by Crippen LogP contribution is -2.56. The molecule has 4 amide bonds. The van der Waals surface area contributed by atoms with Gasteiger partial charge in [0.2, 0.25) is 0 Å². The largest absolute Gasteiger partial charge is 0.451 e. The molecule has 1 fully saturated rings. The quantitative estimate of drug-likeness (QED) is 0.121. The first-order valence-corrected chi connectivity index (χ1v) is 26.0. The molecule has 0 spiro atoms. The lowest BCUT2D eigenvalue weighted by Gasteiger charge is -2.36. The van der Waals surface area contributed by atoms with E-state index in [1.54, 1.807) is 133 Å². The Morgan fingerprint density at radius 2 is 0.689 bits per heavy atom. The van der Waals surface area contributed by atoms with Gasteiger partial charge in [0, 0.05) is 47.5 Å². The van der Waals surface area contributed by atoms with E-state index in [-0.39, 0.29) is 38.0 Å². The summed E-state index contributed by atoms with van der Waals surface area (Å²) in [5, 5.41) is 0. The number of likely N-dealkylation sites (N-methyl/N-ethyl adjacent to an activating group) is 4. The zero-order valence-corrected chi connectivity index (χ0v) is 45.7. The molecule has 0 aliphatic carbocycles. The third-order valence-electron chi connectivity index (χ3n) is 13.5. The summed E-state index contributed by atoms with van der Waals surface area (Å²) in [7, 11) is 5.62. The highest BCUT2D eigenvalue weighted by Crippen LogP contribution is 2.25. The molecule has 404 valence electrons. The Hall–Kier alpha value is -6.58. The number of amides is 4. The molecule has 1 heterocycles. The minimum Gasteiger partial charge on any atom is -0.451 e. The van der Waals surface area contributed by atoms with Crippen molar-refractivity contribution in [2.45, 2.75) is 156 Å². The molecule has 8 unspecified atom stereocenters. The maximum absolute atomic E-state index is 14.9. The van der Waals surface area contributed by atoms with E-state index >= 15 is 0 Å². The van der Waals surface area contributed by atoms with Crippen LogP contribution in [0.3, 0.4) is 0 Å². The van der Waals surface area contributed by atoms with Crippen molar-refractivity contribution in [3.8, 4) is 0 Å². The molecule has 0 aromatic heterocycles. The van der Waals surface area contributed by atoms with Crippen LogP contribution in [0.1, 0.15) is 105 Å². The Bertz CT molecular complexity index is 2340. The molecule has 1 saturated heterocycles. The van der Waals surface area contributed by atoms with Gasteiger partial charge < -0.3 is 38.5 Å². The Morgan fingerprint density at radius 1 is 0.405 bits per heavy atom. The number of benzene rings is 3. The second-order valence-corrected chi connectivity index (χ2v) is 20.9. The highest BCUT2D eigenvalue weighted by molar-refractivity contribution is 5.95. The summed E-state index contributed by atoms with van der Waals surface area (Å²) < 4.78 is 24.5. The minimum absolute atomic E-state index is 0.0397. The van der Waals surface area contributed by atoms with Gasteiger partial charge in [-0.1, -0.05) is 160 Å². The van der Waals surface area contributed by atoms with Crippen LogP contribution in [0.2, 0.25) is 0 Å². The Labute approximate surface area is 438 Å². The van der Waals surface area contributed by atoms with E-state index in [1.807, 2.05) is 20.8 Å². The number of esters is 4. The van der Waals surface area contributed by atoms with Crippen molar-refractivity contribution in [1.29, 1.82) is 0 Å². The van der Waals surface area contributed by atoms with E-state index in [9.17, 15) is 38.4 Å². The molecule has 1 aliphatic heterocycles. The molecule has 16 heteroatoms. The topological polar surface area (TPSA) is 186 Å². The Balaban J connectivity index is 1.95. The second kappa shape index (κ2) is 28.2. The van der Waals surface area contributed by atoms with Gasteiger partial charge >= 0.3 is 23.9 Å². The van der Waals surface area contributed by atoms with Crippen LogP contribution in [0.25, 0.3) is 0 Å². The van der Waals surface area contributed by atoms with E-state index in [4.69, 9.17) is 18.9 Å². The lowest BCUT2D eigenvalue weighted by atomic mass is 9.99. The maximum Gasteiger partial charge on any atom is 0.329 e. The fraction of sp³-hybridized carbons (Fsp3) is 0.552. The number of carbonyl (C=O) groups is 8. The second-order valence-electron chi connectivity index (χ2n) is 20.9. The van der Waals surface area contributed by atoms with Crippen molar-refractivity contribution in [2.24, 2.45) is 23.7 Å². The molecule has 3 aromatic carbocycles. The number of hydrogen-bond acceptors (Lipinski definition) is 12. The van der Waals surface area contributed by atoms with Crippen molar-refractivity contribution >= 4 is 47.5 Å². The van der Waals surface area contributed by atoms with Crippen LogP contribution >= 0.6 is 0 Å². The lowest BCUT2D eigenvalue weighted by molar-refractivity contribution is -0.179. The molecule has 0 N–H and O–H groups in total. The summed E-state index contributed by atoms with van der Waals surface area (Å²) >= 11 is 0. The SMILES string of the molecule is CCCCC1OC(=O)C(CC(C)C)N(C)C(=O)C(C(C)C)OC(=O)C(Cc2ccccc2)N(C)C(=O)C(C(C)C)OC(=O)C(Cc2ccccc2)N(C)C(=O)C(C(C)C)OC(=O)C(Cc2ccccc2)N(C)C1=O. The van der Waals surface area contributed by atoms with Crippen molar-refractivity contribution in [3.05, 3.63) is 108 Å². The third-order valence-corrected chi connectivity index (χ3v) is 13.5. The van der Waals surface area contributed by atoms with Gasteiger partial charge in [-0.2, -0.15) is 0 Å². The van der Waals surface area contributed by atoms with E-state index in [2.05, 4.69) is 0 Å². The van der Waals surface area contributed by atoms with Gasteiger partial charge in [-0.15, -0.1) is 0 Å². The molecule has 74 heavy (non-hydrogen) atoms. The van der Waals surface area contributed by atoms with Crippen LogP contribution in [0.15, 0.2) is 91.0 Å². The third kappa shape index (κ3) is 16.2. The molecule has 3 aromatic rings. The van der Waals surface area contributed by atoms with Gasteiger partial charge in [-0.05, 0) is 59.6 Å². The number of cyclic esters (lactones) is 4. The highest BCUT2D eigenvalue weighted by Gasteiger charge is 2.45. The van der Waals surface area contributed by atoms with Crippen molar-refractivity contribution < 1.29 is 57.3 Å². The van der Waals surface area contributed by atoms with Gasteiger partial charge in [0.05, 0.1) is 0 Å². The predicted octanol–water partition coefficient (Wildman–Crippen LogP) is 6.89. The van der Waals surface area contributed by atoms with E-state index in [0.717, 1.165) is 9.80 Å². The normalized spacial score (nSPS) is 24.1. The summed E-state index contributed by atoms with van der Waals surface area (Å²) in [5.74, 6) is -8.63. The van der Waals surface area contributed by atoms with Crippen LogP contribution in [0.5, 0.6) is 0 Å². The summed E-state index contributed by atoms with van der Waals surface area (Å²) in [6.07, 6.45) is -4.66. The molecular weight excluding hydrogens is 945 g/mol. The van der Waals surface area contributed by atoms with Crippen molar-refractivity contribution in [2.75, 3.05) is 28.2 Å².